The fourth-order valence-corrected chi connectivity index (χ4v) is 3.61. The molecule has 0 unspecified atom stereocenters. The summed E-state index contributed by atoms with van der Waals surface area (Å²) < 4.78 is 13.2. The number of carboxylic acids is 1. The monoisotopic (exact) mass is 330 g/mol. The van der Waals surface area contributed by atoms with Crippen LogP contribution in [0.25, 0.3) is 11.0 Å². The first kappa shape index (κ1) is 15.4. The second-order valence-corrected chi connectivity index (χ2v) is 6.88. The molecule has 2 aromatic heterocycles. The van der Waals surface area contributed by atoms with Crippen molar-refractivity contribution in [2.24, 2.45) is 11.8 Å². The maximum absolute atomic E-state index is 11.1. The number of nitrogens with zero attached hydrogens (tertiary/aromatic N) is 2. The lowest BCUT2D eigenvalue weighted by atomic mass is 9.82. The van der Waals surface area contributed by atoms with Crippen LogP contribution < -0.4 is 4.74 Å². The van der Waals surface area contributed by atoms with E-state index in [9.17, 15) is 4.79 Å². The zero-order valence-electron chi connectivity index (χ0n) is 13.6. The highest BCUT2D eigenvalue weighted by Gasteiger charge is 2.26. The highest BCUT2D eigenvalue weighted by molar-refractivity contribution is 5.77. The van der Waals surface area contributed by atoms with Gasteiger partial charge in [-0.3, -0.25) is 9.78 Å². The lowest BCUT2D eigenvalue weighted by Crippen LogP contribution is -2.38. The molecule has 24 heavy (non-hydrogen) atoms. The number of carbonyl (C=O) groups is 1. The molecule has 2 fully saturated rings. The van der Waals surface area contributed by atoms with E-state index in [-0.39, 0.29) is 12.0 Å². The predicted octanol–water partition coefficient (Wildman–Crippen LogP) is 2.70. The van der Waals surface area contributed by atoms with E-state index in [2.05, 4.69) is 15.7 Å². The summed E-state index contributed by atoms with van der Waals surface area (Å²) in [6, 6.07) is 4.07. The molecular weight excluding hydrogens is 308 g/mol. The topological polar surface area (TPSA) is 73.6 Å². The van der Waals surface area contributed by atoms with E-state index in [1.165, 1.54) is 0 Å². The first-order valence-electron chi connectivity index (χ1n) is 8.61. The predicted molar refractivity (Wildman–Crippen MR) is 88.1 cm³/mol. The Morgan fingerprint density at radius 2 is 2.12 bits per heavy atom. The van der Waals surface area contributed by atoms with E-state index in [1.807, 2.05) is 12.1 Å². The van der Waals surface area contributed by atoms with Crippen LogP contribution in [0.4, 0.5) is 0 Å². The summed E-state index contributed by atoms with van der Waals surface area (Å²) in [5, 5.41) is 9.11. The molecule has 0 spiro atoms. The van der Waals surface area contributed by atoms with Crippen molar-refractivity contribution in [3.8, 4) is 5.75 Å². The molecule has 2 aromatic rings. The average Bonchev–Trinajstić information content (AvgIpc) is 2.94. The largest absolute Gasteiger partial charge is 0.484 e. The maximum Gasteiger partial charge on any atom is 0.306 e. The minimum atomic E-state index is -0.647. The molecule has 2 aliphatic rings. The number of pyridine rings is 1. The van der Waals surface area contributed by atoms with Crippen molar-refractivity contribution < 1.29 is 19.4 Å². The summed E-state index contributed by atoms with van der Waals surface area (Å²) in [6.07, 6.45) is 7.49. The Labute approximate surface area is 140 Å². The van der Waals surface area contributed by atoms with E-state index >= 15 is 0 Å². The average molecular weight is 330 g/mol. The van der Waals surface area contributed by atoms with Crippen molar-refractivity contribution in [3.63, 3.8) is 0 Å². The van der Waals surface area contributed by atoms with Gasteiger partial charge >= 0.3 is 5.97 Å². The zero-order valence-corrected chi connectivity index (χ0v) is 13.6. The Morgan fingerprint density at radius 1 is 1.33 bits per heavy atom. The van der Waals surface area contributed by atoms with Crippen LogP contribution >= 0.6 is 0 Å². The Kier molecular flexibility index (Phi) is 4.14. The Morgan fingerprint density at radius 3 is 2.79 bits per heavy atom. The van der Waals surface area contributed by atoms with Gasteiger partial charge in [-0.1, -0.05) is 0 Å². The lowest BCUT2D eigenvalue weighted by molar-refractivity contribution is -0.143. The molecule has 6 nitrogen and oxygen atoms in total. The molecule has 4 rings (SSSR count). The molecule has 1 aliphatic heterocycles. The summed E-state index contributed by atoms with van der Waals surface area (Å²) in [5.74, 6) is 0.506. The Bertz CT molecular complexity index is 730. The van der Waals surface area contributed by atoms with E-state index in [4.69, 9.17) is 14.6 Å². The smallest absolute Gasteiger partial charge is 0.306 e. The third-order valence-corrected chi connectivity index (χ3v) is 5.16. The van der Waals surface area contributed by atoms with Crippen LogP contribution in [0, 0.1) is 11.8 Å². The summed E-state index contributed by atoms with van der Waals surface area (Å²) in [6.45, 7) is 2.20. The van der Waals surface area contributed by atoms with Crippen LogP contribution in [-0.2, 0) is 16.1 Å². The number of fused-ring (bicyclic) bond motifs is 1. The van der Waals surface area contributed by atoms with Gasteiger partial charge in [-0.05, 0) is 37.7 Å². The molecule has 0 radical (unpaired) electrons. The molecule has 1 N–H and O–H groups in total. The fourth-order valence-electron chi connectivity index (χ4n) is 3.61. The molecule has 1 saturated heterocycles. The Balaban J connectivity index is 1.45. The number of hydrogen-bond donors (Lipinski definition) is 1. The second kappa shape index (κ2) is 6.43. The van der Waals surface area contributed by atoms with Crippen molar-refractivity contribution in [1.29, 1.82) is 0 Å². The van der Waals surface area contributed by atoms with E-state index in [1.54, 1.807) is 6.20 Å². The third-order valence-electron chi connectivity index (χ3n) is 5.16. The van der Waals surface area contributed by atoms with Crippen LogP contribution in [0.15, 0.2) is 24.5 Å². The minimum absolute atomic E-state index is 0.138. The number of ether oxygens (including phenoxy) is 2. The van der Waals surface area contributed by atoms with E-state index in [0.717, 1.165) is 49.0 Å². The summed E-state index contributed by atoms with van der Waals surface area (Å²) >= 11 is 0. The van der Waals surface area contributed by atoms with Crippen molar-refractivity contribution in [2.75, 3.05) is 13.2 Å². The fraction of sp³-hybridized carbons (Fsp3) is 0.556. The van der Waals surface area contributed by atoms with Gasteiger partial charge in [-0.25, -0.2) is 0 Å². The number of rotatable bonds is 5. The van der Waals surface area contributed by atoms with E-state index in [0.29, 0.717) is 19.1 Å². The molecule has 0 amide bonds. The summed E-state index contributed by atoms with van der Waals surface area (Å²) in [4.78, 5) is 15.5. The number of carboxylic acid groups (broad SMARTS) is 1. The first-order chi connectivity index (χ1) is 11.7. The molecular formula is C18H22N2O4. The van der Waals surface area contributed by atoms with Gasteiger partial charge in [0, 0.05) is 18.8 Å². The van der Waals surface area contributed by atoms with Gasteiger partial charge in [0.05, 0.1) is 36.4 Å². The SMILES string of the molecule is O=C(O)[C@H]1CC[C@H](Cn2ccc3ncc(OC4COC4)cc32)CC1. The number of aliphatic carboxylic acids is 1. The van der Waals surface area contributed by atoms with Crippen LogP contribution in [0.1, 0.15) is 25.7 Å². The molecule has 3 heterocycles. The van der Waals surface area contributed by atoms with Gasteiger partial charge in [0.1, 0.15) is 11.9 Å². The lowest BCUT2D eigenvalue weighted by Gasteiger charge is -2.27. The molecule has 1 saturated carbocycles. The van der Waals surface area contributed by atoms with Gasteiger partial charge in [0.2, 0.25) is 0 Å². The Hall–Kier alpha value is -2.08. The normalized spacial score (nSPS) is 24.7. The summed E-state index contributed by atoms with van der Waals surface area (Å²) in [7, 11) is 0. The highest BCUT2D eigenvalue weighted by Crippen LogP contribution is 2.31. The van der Waals surface area contributed by atoms with Crippen LogP contribution in [-0.4, -0.2) is 39.9 Å². The van der Waals surface area contributed by atoms with Gasteiger partial charge in [-0.15, -0.1) is 0 Å². The molecule has 0 bridgehead atoms. The van der Waals surface area contributed by atoms with Gasteiger partial charge < -0.3 is 19.1 Å². The molecule has 6 heteroatoms. The summed E-state index contributed by atoms with van der Waals surface area (Å²) in [5.41, 5.74) is 2.04. The highest BCUT2D eigenvalue weighted by atomic mass is 16.6. The molecule has 0 aromatic carbocycles. The standard InChI is InChI=1S/C18H22N2O4/c21-18(22)13-3-1-12(2-4-13)9-20-6-5-16-17(20)7-14(8-19-16)24-15-10-23-11-15/h5-8,12-13,15H,1-4,9-11H2,(H,21,22)/t12-,13-. The van der Waals surface area contributed by atoms with Crippen LogP contribution in [0.2, 0.25) is 0 Å². The molecule has 128 valence electrons. The van der Waals surface area contributed by atoms with Crippen LogP contribution in [0.3, 0.4) is 0 Å². The quantitative estimate of drug-likeness (QED) is 0.912. The van der Waals surface area contributed by atoms with Gasteiger partial charge in [0.15, 0.2) is 0 Å². The van der Waals surface area contributed by atoms with Crippen molar-refractivity contribution in [1.82, 2.24) is 9.55 Å². The van der Waals surface area contributed by atoms with Crippen molar-refractivity contribution >= 4 is 17.0 Å². The zero-order chi connectivity index (χ0) is 16.5. The van der Waals surface area contributed by atoms with Crippen LogP contribution in [0.5, 0.6) is 5.75 Å². The molecule has 1 aliphatic carbocycles. The maximum atomic E-state index is 11.1. The second-order valence-electron chi connectivity index (χ2n) is 6.88. The van der Waals surface area contributed by atoms with E-state index < -0.39 is 5.97 Å². The van der Waals surface area contributed by atoms with Gasteiger partial charge in [-0.2, -0.15) is 0 Å². The first-order valence-corrected chi connectivity index (χ1v) is 8.61. The number of aromatic nitrogens is 2. The third kappa shape index (κ3) is 3.11. The van der Waals surface area contributed by atoms with Crippen molar-refractivity contribution in [2.45, 2.75) is 38.3 Å². The van der Waals surface area contributed by atoms with Crippen molar-refractivity contribution in [3.05, 3.63) is 24.5 Å². The van der Waals surface area contributed by atoms with Gasteiger partial charge in [0.25, 0.3) is 0 Å². The minimum Gasteiger partial charge on any atom is -0.484 e. The number of hydrogen-bond acceptors (Lipinski definition) is 4. The molecule has 0 atom stereocenters.